The summed E-state index contributed by atoms with van der Waals surface area (Å²) < 4.78 is 29.2. The Kier molecular flexibility index (Phi) is 9.91. The molecule has 0 bridgehead atoms. The van der Waals surface area contributed by atoms with Crippen LogP contribution in [0, 0.1) is 5.92 Å². The van der Waals surface area contributed by atoms with Gasteiger partial charge in [0.25, 0.3) is 0 Å². The molecule has 2 N–H and O–H groups in total. The largest absolute Gasteiger partial charge is 0.394 e. The molecule has 0 radical (unpaired) electrons. The predicted octanol–water partition coefficient (Wildman–Crippen LogP) is 6.33. The second-order valence-corrected chi connectivity index (χ2v) is 13.4. The molecule has 3 unspecified atom stereocenters. The van der Waals surface area contributed by atoms with Crippen molar-refractivity contribution in [3.8, 4) is 0 Å². The molecule has 0 saturated heterocycles. The van der Waals surface area contributed by atoms with Gasteiger partial charge in [-0.1, -0.05) is 105 Å². The molecule has 2 fully saturated rings. The number of carbonyl (C=O) groups excluding carboxylic acids is 1. The van der Waals surface area contributed by atoms with Gasteiger partial charge in [0.05, 0.1) is 17.5 Å². The number of rotatable bonds is 10. The minimum Gasteiger partial charge on any atom is -0.394 e. The van der Waals surface area contributed by atoms with Crippen molar-refractivity contribution >= 4 is 15.9 Å². The van der Waals surface area contributed by atoms with Crippen LogP contribution >= 0.6 is 0 Å². The third kappa shape index (κ3) is 7.08. The molecular formula is C34H42N2O4S. The number of nitrogens with one attached hydrogen (secondary N) is 1. The minimum absolute atomic E-state index is 0.00383. The van der Waals surface area contributed by atoms with Gasteiger partial charge in [-0.2, -0.15) is 4.31 Å². The third-order valence-corrected chi connectivity index (χ3v) is 10.8. The summed E-state index contributed by atoms with van der Waals surface area (Å²) in [7, 11) is -3.63. The van der Waals surface area contributed by atoms with Crippen molar-refractivity contribution in [3.05, 3.63) is 102 Å². The van der Waals surface area contributed by atoms with E-state index in [1.54, 1.807) is 28.6 Å². The second-order valence-electron chi connectivity index (χ2n) is 11.5. The highest BCUT2D eigenvalue weighted by molar-refractivity contribution is 7.89. The van der Waals surface area contributed by atoms with Crippen molar-refractivity contribution in [3.63, 3.8) is 0 Å². The van der Waals surface area contributed by atoms with Crippen molar-refractivity contribution in [2.75, 3.05) is 6.61 Å². The summed E-state index contributed by atoms with van der Waals surface area (Å²) in [5.41, 5.74) is 2.97. The lowest BCUT2D eigenvalue weighted by atomic mass is 9.74. The number of hydrogen-bond donors (Lipinski definition) is 2. The van der Waals surface area contributed by atoms with Gasteiger partial charge in [0, 0.05) is 18.5 Å². The molecule has 7 heteroatoms. The molecule has 218 valence electrons. The number of hydrogen-bond acceptors (Lipinski definition) is 4. The smallest absolute Gasteiger partial charge is 0.243 e. The lowest BCUT2D eigenvalue weighted by Gasteiger charge is -2.34. The van der Waals surface area contributed by atoms with Gasteiger partial charge in [-0.3, -0.25) is 4.79 Å². The Morgan fingerprint density at radius 3 is 2.07 bits per heavy atom. The van der Waals surface area contributed by atoms with E-state index < -0.39 is 16.1 Å². The lowest BCUT2D eigenvalue weighted by Crippen LogP contribution is -2.41. The van der Waals surface area contributed by atoms with Crippen LogP contribution < -0.4 is 5.32 Å². The van der Waals surface area contributed by atoms with Crippen LogP contribution in [0.5, 0.6) is 0 Å². The zero-order valence-electron chi connectivity index (χ0n) is 23.7. The van der Waals surface area contributed by atoms with E-state index in [-0.39, 0.29) is 30.4 Å². The number of amides is 1. The van der Waals surface area contributed by atoms with Crippen molar-refractivity contribution in [2.24, 2.45) is 5.92 Å². The van der Waals surface area contributed by atoms with Crippen LogP contribution in [0.25, 0.3) is 0 Å². The molecule has 5 rings (SSSR count). The number of benzene rings is 3. The number of carbonyl (C=O) groups is 1. The molecular weight excluding hydrogens is 532 g/mol. The Morgan fingerprint density at radius 1 is 0.805 bits per heavy atom. The highest BCUT2D eigenvalue weighted by Crippen LogP contribution is 2.39. The van der Waals surface area contributed by atoms with E-state index in [0.29, 0.717) is 11.4 Å². The Balaban J connectivity index is 1.33. The van der Waals surface area contributed by atoms with Crippen LogP contribution in [0.15, 0.2) is 89.8 Å². The summed E-state index contributed by atoms with van der Waals surface area (Å²) in [6.07, 6.45) is 8.87. The molecule has 0 heterocycles. The minimum atomic E-state index is -3.63. The van der Waals surface area contributed by atoms with E-state index in [1.165, 1.54) is 0 Å². The average Bonchev–Trinajstić information content (AvgIpc) is 3.04. The van der Waals surface area contributed by atoms with Gasteiger partial charge in [-0.15, -0.1) is 0 Å². The molecule has 3 atom stereocenters. The van der Waals surface area contributed by atoms with Gasteiger partial charge in [0.1, 0.15) is 0 Å². The molecule has 41 heavy (non-hydrogen) atoms. The fraction of sp³-hybridized carbons (Fsp3) is 0.441. The third-order valence-electron chi connectivity index (χ3n) is 8.88. The highest BCUT2D eigenvalue weighted by atomic mass is 32.2. The maximum absolute atomic E-state index is 13.7. The molecule has 2 aliphatic rings. The van der Waals surface area contributed by atoms with Gasteiger partial charge in [-0.05, 0) is 60.4 Å². The zero-order valence-corrected chi connectivity index (χ0v) is 24.5. The molecule has 1 amide bonds. The van der Waals surface area contributed by atoms with E-state index >= 15 is 0 Å². The standard InChI is InChI=1S/C34H42N2O4S/c37-25-33(28-12-4-1-5-13-28)35-34(38)32-19-11-10-18-31(32)27-22-20-26(21-23-27)24-36(29-14-6-2-7-15-29)41(39,40)30-16-8-3-9-17-30/h1,3-5,8-9,12-13,16-17,20-23,29,31-33,37H,2,6-7,10-11,14-15,18-19,24-25H2,(H,35,38). The molecule has 0 aliphatic heterocycles. The lowest BCUT2D eigenvalue weighted by molar-refractivity contribution is -0.127. The normalized spacial score (nSPS) is 20.9. The van der Waals surface area contributed by atoms with Crippen LogP contribution in [0.2, 0.25) is 0 Å². The van der Waals surface area contributed by atoms with Crippen LogP contribution in [0.3, 0.4) is 0 Å². The van der Waals surface area contributed by atoms with E-state index in [4.69, 9.17) is 0 Å². The molecule has 3 aromatic rings. The SMILES string of the molecule is O=C(NC(CO)c1ccccc1)C1CCCCC1c1ccc(CN(C2CCCCC2)S(=O)(=O)c2ccccc2)cc1. The first kappa shape index (κ1) is 29.5. The van der Waals surface area contributed by atoms with Gasteiger partial charge in [0.15, 0.2) is 0 Å². The zero-order chi connectivity index (χ0) is 28.7. The number of sulfonamides is 1. The van der Waals surface area contributed by atoms with E-state index in [0.717, 1.165) is 74.5 Å². The molecule has 3 aromatic carbocycles. The van der Waals surface area contributed by atoms with Crippen molar-refractivity contribution in [1.29, 1.82) is 0 Å². The van der Waals surface area contributed by atoms with Crippen molar-refractivity contribution < 1.29 is 18.3 Å². The maximum Gasteiger partial charge on any atom is 0.243 e. The first-order chi connectivity index (χ1) is 20.0. The van der Waals surface area contributed by atoms with Gasteiger partial charge >= 0.3 is 0 Å². The van der Waals surface area contributed by atoms with Crippen molar-refractivity contribution in [1.82, 2.24) is 9.62 Å². The number of aliphatic hydroxyl groups excluding tert-OH is 1. The van der Waals surface area contributed by atoms with Gasteiger partial charge in [-0.25, -0.2) is 8.42 Å². The monoisotopic (exact) mass is 574 g/mol. The molecule has 2 aliphatic carbocycles. The number of nitrogens with zero attached hydrogens (tertiary/aromatic N) is 1. The maximum atomic E-state index is 13.7. The van der Waals surface area contributed by atoms with E-state index in [9.17, 15) is 18.3 Å². The quantitative estimate of drug-likeness (QED) is 0.296. The van der Waals surface area contributed by atoms with Crippen molar-refractivity contribution in [2.45, 2.75) is 87.2 Å². The Hall–Kier alpha value is -3.00. The second kappa shape index (κ2) is 13.8. The average molecular weight is 575 g/mol. The van der Waals surface area contributed by atoms with Gasteiger partial charge in [0.2, 0.25) is 15.9 Å². The highest BCUT2D eigenvalue weighted by Gasteiger charge is 2.34. The Bertz CT molecular complexity index is 1360. The summed E-state index contributed by atoms with van der Waals surface area (Å²) in [6.45, 7) is 0.192. The number of aliphatic hydroxyl groups is 1. The van der Waals surface area contributed by atoms with E-state index in [1.807, 2.05) is 48.5 Å². The van der Waals surface area contributed by atoms with Crippen LogP contribution in [-0.2, 0) is 21.4 Å². The molecule has 2 saturated carbocycles. The fourth-order valence-corrected chi connectivity index (χ4v) is 8.29. The van der Waals surface area contributed by atoms with E-state index in [2.05, 4.69) is 17.4 Å². The first-order valence-electron chi connectivity index (χ1n) is 15.1. The topological polar surface area (TPSA) is 86.7 Å². The summed E-state index contributed by atoms with van der Waals surface area (Å²) in [4.78, 5) is 13.8. The predicted molar refractivity (Wildman–Crippen MR) is 162 cm³/mol. The van der Waals surface area contributed by atoms with Crippen LogP contribution in [-0.4, -0.2) is 36.4 Å². The summed E-state index contributed by atoms with van der Waals surface area (Å²) >= 11 is 0. The Labute approximate surface area is 244 Å². The van der Waals surface area contributed by atoms with Crippen LogP contribution in [0.4, 0.5) is 0 Å². The summed E-state index contributed by atoms with van der Waals surface area (Å²) in [6, 6.07) is 26.2. The van der Waals surface area contributed by atoms with Gasteiger partial charge < -0.3 is 10.4 Å². The fourth-order valence-electron chi connectivity index (χ4n) is 6.60. The molecule has 0 aromatic heterocycles. The Morgan fingerprint density at radius 2 is 1.41 bits per heavy atom. The summed E-state index contributed by atoms with van der Waals surface area (Å²) in [5, 5.41) is 13.1. The van der Waals surface area contributed by atoms with Crippen LogP contribution in [0.1, 0.15) is 86.4 Å². The summed E-state index contributed by atoms with van der Waals surface area (Å²) in [5.74, 6) is -0.0842. The molecule has 0 spiro atoms. The first-order valence-corrected chi connectivity index (χ1v) is 16.5. The molecule has 6 nitrogen and oxygen atoms in total.